The maximum Gasteiger partial charge on any atom is 0.410 e. The average molecular weight is 516 g/mol. The standard InChI is InChI=1S/C31H30FNO5/c1-36-30-11-10-19(12-28(30)32)13-29(34)20-14-21-16-37-17-22(15-20)33(21)31(35)38-18-27-25-8-4-2-6-23(25)24-7-3-5-9-26(24)27/h2-12,20-22,27H,13-18H2,1H3. The van der Waals surface area contributed by atoms with E-state index in [1.807, 2.05) is 24.3 Å². The molecule has 0 radical (unpaired) electrons. The van der Waals surface area contributed by atoms with E-state index in [2.05, 4.69) is 24.3 Å². The fraction of sp³-hybridized carbons (Fsp3) is 0.355. The second kappa shape index (κ2) is 10.2. The van der Waals surface area contributed by atoms with E-state index in [4.69, 9.17) is 14.2 Å². The van der Waals surface area contributed by atoms with Gasteiger partial charge in [-0.2, -0.15) is 0 Å². The van der Waals surface area contributed by atoms with Gasteiger partial charge in [0.25, 0.3) is 0 Å². The molecule has 2 bridgehead atoms. The molecular formula is C31H30FNO5. The summed E-state index contributed by atoms with van der Waals surface area (Å²) in [5.74, 6) is -0.487. The molecule has 3 aliphatic rings. The quantitative estimate of drug-likeness (QED) is 0.441. The molecule has 2 saturated heterocycles. The highest BCUT2D eigenvalue weighted by molar-refractivity contribution is 5.84. The first kappa shape index (κ1) is 24.6. The van der Waals surface area contributed by atoms with Crippen LogP contribution in [-0.2, 0) is 20.7 Å². The predicted octanol–water partition coefficient (Wildman–Crippen LogP) is 5.37. The summed E-state index contributed by atoms with van der Waals surface area (Å²) in [6.07, 6.45) is 0.820. The molecule has 6 rings (SSSR count). The zero-order valence-electron chi connectivity index (χ0n) is 21.3. The van der Waals surface area contributed by atoms with Crippen molar-refractivity contribution in [2.45, 2.75) is 37.3 Å². The van der Waals surface area contributed by atoms with Crippen LogP contribution in [0.1, 0.15) is 35.4 Å². The number of ether oxygens (including phenoxy) is 3. The lowest BCUT2D eigenvalue weighted by Crippen LogP contribution is -2.60. The van der Waals surface area contributed by atoms with Gasteiger partial charge in [0.2, 0.25) is 0 Å². The van der Waals surface area contributed by atoms with E-state index in [1.165, 1.54) is 35.4 Å². The van der Waals surface area contributed by atoms with Crippen molar-refractivity contribution >= 4 is 11.9 Å². The topological polar surface area (TPSA) is 65.1 Å². The summed E-state index contributed by atoms with van der Waals surface area (Å²) >= 11 is 0. The number of nitrogens with zero attached hydrogens (tertiary/aromatic N) is 1. The zero-order valence-corrected chi connectivity index (χ0v) is 21.3. The maximum atomic E-state index is 14.1. The number of hydrogen-bond acceptors (Lipinski definition) is 5. The molecule has 38 heavy (non-hydrogen) atoms. The fourth-order valence-electron chi connectivity index (χ4n) is 6.31. The van der Waals surface area contributed by atoms with E-state index in [0.717, 1.165) is 0 Å². The van der Waals surface area contributed by atoms with E-state index < -0.39 is 5.82 Å². The van der Waals surface area contributed by atoms with Crippen LogP contribution in [0.4, 0.5) is 9.18 Å². The number of fused-ring (bicyclic) bond motifs is 5. The molecule has 0 spiro atoms. The van der Waals surface area contributed by atoms with Crippen LogP contribution in [0.3, 0.4) is 0 Å². The third-order valence-corrected chi connectivity index (χ3v) is 8.12. The lowest BCUT2D eigenvalue weighted by Gasteiger charge is -2.47. The molecule has 6 nitrogen and oxygen atoms in total. The van der Waals surface area contributed by atoms with Gasteiger partial charge in [-0.3, -0.25) is 9.69 Å². The Hall–Kier alpha value is -3.71. The van der Waals surface area contributed by atoms with E-state index >= 15 is 0 Å². The van der Waals surface area contributed by atoms with Gasteiger partial charge in [-0.25, -0.2) is 9.18 Å². The second-order valence-corrected chi connectivity index (χ2v) is 10.3. The number of Topliss-reactive ketones (excluding diaryl/α,β-unsaturated/α-hetero) is 1. The largest absolute Gasteiger partial charge is 0.494 e. The van der Waals surface area contributed by atoms with Crippen molar-refractivity contribution in [2.75, 3.05) is 26.9 Å². The molecule has 2 fully saturated rings. The first-order valence-corrected chi connectivity index (χ1v) is 13.1. The monoisotopic (exact) mass is 515 g/mol. The lowest BCUT2D eigenvalue weighted by atomic mass is 9.81. The fourth-order valence-corrected chi connectivity index (χ4v) is 6.31. The molecule has 0 N–H and O–H groups in total. The predicted molar refractivity (Wildman–Crippen MR) is 140 cm³/mol. The molecule has 2 unspecified atom stereocenters. The number of benzene rings is 3. The molecule has 2 aliphatic heterocycles. The zero-order chi connectivity index (χ0) is 26.2. The van der Waals surface area contributed by atoms with Crippen molar-refractivity contribution in [3.63, 3.8) is 0 Å². The third-order valence-electron chi connectivity index (χ3n) is 8.12. The number of piperidine rings is 1. The van der Waals surface area contributed by atoms with Crippen molar-refractivity contribution in [1.82, 2.24) is 4.90 Å². The number of hydrogen-bond donors (Lipinski definition) is 0. The summed E-state index contributed by atoms with van der Waals surface area (Å²) in [7, 11) is 1.41. The minimum absolute atomic E-state index is 0.00792. The highest BCUT2D eigenvalue weighted by Crippen LogP contribution is 2.44. The van der Waals surface area contributed by atoms with E-state index in [9.17, 15) is 14.0 Å². The Balaban J connectivity index is 1.12. The Kier molecular flexibility index (Phi) is 6.62. The van der Waals surface area contributed by atoms with Crippen LogP contribution >= 0.6 is 0 Å². The Bertz CT molecular complexity index is 1310. The van der Waals surface area contributed by atoms with Crippen LogP contribution in [0.2, 0.25) is 0 Å². The van der Waals surface area contributed by atoms with Crippen molar-refractivity contribution < 1.29 is 28.2 Å². The van der Waals surface area contributed by atoms with Crippen LogP contribution in [0.25, 0.3) is 11.1 Å². The van der Waals surface area contributed by atoms with Crippen molar-refractivity contribution in [3.8, 4) is 16.9 Å². The lowest BCUT2D eigenvalue weighted by molar-refractivity contribution is -0.130. The number of morpholine rings is 1. The minimum Gasteiger partial charge on any atom is -0.494 e. The number of ketones is 1. The van der Waals surface area contributed by atoms with Crippen LogP contribution in [0, 0.1) is 11.7 Å². The highest BCUT2D eigenvalue weighted by Gasteiger charge is 2.44. The summed E-state index contributed by atoms with van der Waals surface area (Å²) in [6.45, 7) is 1.01. The number of methoxy groups -OCH3 is 1. The molecule has 0 aromatic heterocycles. The summed E-state index contributed by atoms with van der Waals surface area (Å²) < 4.78 is 30.8. The third kappa shape index (κ3) is 4.45. The van der Waals surface area contributed by atoms with Crippen LogP contribution in [0.15, 0.2) is 66.7 Å². The van der Waals surface area contributed by atoms with Gasteiger partial charge in [-0.05, 0) is 52.8 Å². The molecule has 3 aromatic carbocycles. The van der Waals surface area contributed by atoms with Crippen LogP contribution < -0.4 is 4.74 Å². The normalized spacial score (nSPS) is 21.9. The molecule has 1 amide bonds. The molecular weight excluding hydrogens is 485 g/mol. The van der Waals surface area contributed by atoms with Gasteiger partial charge >= 0.3 is 6.09 Å². The maximum absolute atomic E-state index is 14.1. The highest BCUT2D eigenvalue weighted by atomic mass is 19.1. The molecule has 7 heteroatoms. The van der Waals surface area contributed by atoms with Gasteiger partial charge in [0.05, 0.1) is 32.4 Å². The van der Waals surface area contributed by atoms with Crippen molar-refractivity contribution in [3.05, 3.63) is 89.2 Å². The number of rotatable bonds is 6. The number of amides is 1. The Labute approximate surface area is 221 Å². The molecule has 1 aliphatic carbocycles. The smallest absolute Gasteiger partial charge is 0.410 e. The van der Waals surface area contributed by atoms with Crippen LogP contribution in [0.5, 0.6) is 5.75 Å². The average Bonchev–Trinajstić information content (AvgIpc) is 3.24. The van der Waals surface area contributed by atoms with Gasteiger partial charge in [0.1, 0.15) is 12.4 Å². The first-order valence-electron chi connectivity index (χ1n) is 13.1. The van der Waals surface area contributed by atoms with Crippen molar-refractivity contribution in [2.24, 2.45) is 5.92 Å². The van der Waals surface area contributed by atoms with Gasteiger partial charge in [-0.15, -0.1) is 0 Å². The summed E-state index contributed by atoms with van der Waals surface area (Å²) in [4.78, 5) is 28.3. The number of carbonyl (C=O) groups excluding carboxylic acids is 2. The van der Waals surface area contributed by atoms with Gasteiger partial charge in [-0.1, -0.05) is 54.6 Å². The van der Waals surface area contributed by atoms with Gasteiger partial charge in [0.15, 0.2) is 11.6 Å². The summed E-state index contributed by atoms with van der Waals surface area (Å²) in [5, 5.41) is 0. The van der Waals surface area contributed by atoms with Crippen LogP contribution in [-0.4, -0.2) is 55.8 Å². The molecule has 0 saturated carbocycles. The minimum atomic E-state index is -0.479. The Morgan fingerprint density at radius 2 is 1.58 bits per heavy atom. The molecule has 2 atom stereocenters. The second-order valence-electron chi connectivity index (χ2n) is 10.3. The summed E-state index contributed by atoms with van der Waals surface area (Å²) in [6, 6.07) is 20.7. The Morgan fingerprint density at radius 3 is 2.18 bits per heavy atom. The summed E-state index contributed by atoms with van der Waals surface area (Å²) in [5.41, 5.74) is 5.33. The van der Waals surface area contributed by atoms with Gasteiger partial charge < -0.3 is 14.2 Å². The van der Waals surface area contributed by atoms with Gasteiger partial charge in [0, 0.05) is 18.3 Å². The van der Waals surface area contributed by atoms with Crippen molar-refractivity contribution in [1.29, 1.82) is 0 Å². The van der Waals surface area contributed by atoms with E-state index in [1.54, 1.807) is 17.0 Å². The number of halogens is 1. The van der Waals surface area contributed by atoms with E-state index in [-0.39, 0.29) is 54.6 Å². The Morgan fingerprint density at radius 1 is 0.947 bits per heavy atom. The first-order chi connectivity index (χ1) is 18.5. The molecule has 3 aromatic rings. The number of carbonyl (C=O) groups is 2. The SMILES string of the molecule is COc1ccc(CC(=O)C2CC3COCC(C2)N3C(=O)OCC2c3ccccc3-c3ccccc32)cc1F. The molecule has 2 heterocycles. The van der Waals surface area contributed by atoms with E-state index in [0.29, 0.717) is 31.6 Å². The molecule has 196 valence electrons.